The standard InChI is InChI=1S/C21H18N2O2/c1-13-17-10-9-15-6-3-4-8-18(15)20(17)25-19(13)21(24)23-14(2)16-7-5-11-22-12-16/h3-12,14H,1-2H3,(H,23,24)/t14-/m0/s1. The molecule has 2 heterocycles. The minimum absolute atomic E-state index is 0.148. The van der Waals surface area contributed by atoms with Crippen LogP contribution >= 0.6 is 0 Å². The summed E-state index contributed by atoms with van der Waals surface area (Å²) in [5.74, 6) is 0.149. The van der Waals surface area contributed by atoms with Crippen LogP contribution in [0.4, 0.5) is 0 Å². The number of nitrogens with zero attached hydrogens (tertiary/aromatic N) is 1. The summed E-state index contributed by atoms with van der Waals surface area (Å²) in [5, 5.41) is 6.07. The van der Waals surface area contributed by atoms with E-state index in [-0.39, 0.29) is 11.9 Å². The number of pyridine rings is 1. The van der Waals surface area contributed by atoms with Gasteiger partial charge >= 0.3 is 0 Å². The van der Waals surface area contributed by atoms with Gasteiger partial charge < -0.3 is 9.73 Å². The molecule has 0 aliphatic carbocycles. The minimum Gasteiger partial charge on any atom is -0.450 e. The summed E-state index contributed by atoms with van der Waals surface area (Å²) in [6.45, 7) is 3.85. The Labute approximate surface area is 145 Å². The quantitative estimate of drug-likeness (QED) is 0.588. The van der Waals surface area contributed by atoms with Crippen LogP contribution in [-0.2, 0) is 0 Å². The molecular weight excluding hydrogens is 312 g/mol. The molecule has 0 bridgehead atoms. The number of hydrogen-bond donors (Lipinski definition) is 1. The minimum atomic E-state index is -0.214. The topological polar surface area (TPSA) is 55.1 Å². The van der Waals surface area contributed by atoms with Crippen LogP contribution < -0.4 is 5.32 Å². The van der Waals surface area contributed by atoms with Crippen LogP contribution in [0.3, 0.4) is 0 Å². The fraction of sp³-hybridized carbons (Fsp3) is 0.143. The van der Waals surface area contributed by atoms with Crippen molar-refractivity contribution < 1.29 is 9.21 Å². The third-order valence-corrected chi connectivity index (χ3v) is 4.57. The van der Waals surface area contributed by atoms with Gasteiger partial charge in [-0.25, -0.2) is 0 Å². The van der Waals surface area contributed by atoms with Crippen molar-refractivity contribution in [1.82, 2.24) is 10.3 Å². The van der Waals surface area contributed by atoms with Crippen molar-refractivity contribution in [2.24, 2.45) is 0 Å². The average Bonchev–Trinajstić information content (AvgIpc) is 3.00. The lowest BCUT2D eigenvalue weighted by molar-refractivity contribution is 0.0913. The summed E-state index contributed by atoms with van der Waals surface area (Å²) in [6.07, 6.45) is 3.47. The lowest BCUT2D eigenvalue weighted by atomic mass is 10.1. The van der Waals surface area contributed by atoms with Crippen molar-refractivity contribution in [2.45, 2.75) is 19.9 Å². The number of hydrogen-bond acceptors (Lipinski definition) is 3. The molecule has 4 rings (SSSR count). The first-order valence-electron chi connectivity index (χ1n) is 8.27. The van der Waals surface area contributed by atoms with Crippen LogP contribution in [0, 0.1) is 6.92 Å². The monoisotopic (exact) mass is 330 g/mol. The first-order valence-corrected chi connectivity index (χ1v) is 8.27. The molecule has 2 aromatic heterocycles. The van der Waals surface area contributed by atoms with Gasteiger partial charge in [0.15, 0.2) is 5.76 Å². The number of furan rings is 1. The Morgan fingerprint density at radius 1 is 1.08 bits per heavy atom. The average molecular weight is 330 g/mol. The molecule has 4 aromatic rings. The molecule has 124 valence electrons. The molecule has 4 nitrogen and oxygen atoms in total. The normalized spacial score (nSPS) is 12.4. The maximum absolute atomic E-state index is 12.7. The molecule has 2 aromatic carbocycles. The molecule has 0 radical (unpaired) electrons. The molecule has 0 saturated carbocycles. The molecule has 1 atom stereocenters. The van der Waals surface area contributed by atoms with E-state index in [1.807, 2.05) is 56.3 Å². The first kappa shape index (κ1) is 15.4. The van der Waals surface area contributed by atoms with E-state index >= 15 is 0 Å². The molecule has 1 N–H and O–H groups in total. The smallest absolute Gasteiger partial charge is 0.287 e. The number of carbonyl (C=O) groups is 1. The van der Waals surface area contributed by atoms with E-state index in [0.717, 1.165) is 32.9 Å². The zero-order chi connectivity index (χ0) is 17.4. The number of nitrogens with one attached hydrogen (secondary N) is 1. The lowest BCUT2D eigenvalue weighted by Crippen LogP contribution is -2.26. The van der Waals surface area contributed by atoms with Gasteiger partial charge in [0.05, 0.1) is 6.04 Å². The maximum Gasteiger partial charge on any atom is 0.287 e. The Bertz CT molecular complexity index is 1070. The Kier molecular flexibility index (Phi) is 3.73. The van der Waals surface area contributed by atoms with Crippen molar-refractivity contribution in [3.8, 4) is 0 Å². The predicted molar refractivity (Wildman–Crippen MR) is 98.6 cm³/mol. The summed E-state index contributed by atoms with van der Waals surface area (Å²) in [5.41, 5.74) is 2.57. The van der Waals surface area contributed by atoms with Crippen molar-refractivity contribution in [2.75, 3.05) is 0 Å². The van der Waals surface area contributed by atoms with Gasteiger partial charge in [-0.15, -0.1) is 0 Å². The number of carbonyl (C=O) groups excluding carboxylic acids is 1. The molecule has 0 spiro atoms. The van der Waals surface area contributed by atoms with Crippen LogP contribution in [0.5, 0.6) is 0 Å². The fourth-order valence-corrected chi connectivity index (χ4v) is 3.14. The molecule has 0 unspecified atom stereocenters. The van der Waals surface area contributed by atoms with Crippen molar-refractivity contribution in [3.05, 3.63) is 77.8 Å². The van der Waals surface area contributed by atoms with E-state index in [9.17, 15) is 4.79 Å². The highest BCUT2D eigenvalue weighted by atomic mass is 16.3. The van der Waals surface area contributed by atoms with Crippen LogP contribution in [0.1, 0.15) is 34.6 Å². The van der Waals surface area contributed by atoms with E-state index < -0.39 is 0 Å². The lowest BCUT2D eigenvalue weighted by Gasteiger charge is -2.12. The highest BCUT2D eigenvalue weighted by molar-refractivity contribution is 6.08. The summed E-state index contributed by atoms with van der Waals surface area (Å²) < 4.78 is 5.98. The zero-order valence-corrected chi connectivity index (χ0v) is 14.1. The third-order valence-electron chi connectivity index (χ3n) is 4.57. The van der Waals surface area contributed by atoms with Gasteiger partial charge in [-0.05, 0) is 30.9 Å². The Balaban J connectivity index is 1.72. The summed E-state index contributed by atoms with van der Waals surface area (Å²) in [4.78, 5) is 16.8. The fourth-order valence-electron chi connectivity index (χ4n) is 3.14. The van der Waals surface area contributed by atoms with Crippen molar-refractivity contribution in [3.63, 3.8) is 0 Å². The second-order valence-electron chi connectivity index (χ2n) is 6.20. The molecule has 0 fully saturated rings. The molecule has 0 aliphatic heterocycles. The van der Waals surface area contributed by atoms with Gasteiger partial charge in [0.25, 0.3) is 5.91 Å². The van der Waals surface area contributed by atoms with Gasteiger partial charge in [0, 0.05) is 28.7 Å². The van der Waals surface area contributed by atoms with Crippen LogP contribution in [0.2, 0.25) is 0 Å². The van der Waals surface area contributed by atoms with Crippen LogP contribution in [0.25, 0.3) is 21.7 Å². The second kappa shape index (κ2) is 6.06. The van der Waals surface area contributed by atoms with Crippen LogP contribution in [-0.4, -0.2) is 10.9 Å². The SMILES string of the molecule is Cc1c(C(=O)N[C@@H](C)c2cccnc2)oc2c1ccc1ccccc12. The number of aromatic nitrogens is 1. The highest BCUT2D eigenvalue weighted by Gasteiger charge is 2.20. The first-order chi connectivity index (χ1) is 12.1. The zero-order valence-electron chi connectivity index (χ0n) is 14.1. The molecular formula is C21H18N2O2. The molecule has 25 heavy (non-hydrogen) atoms. The van der Waals surface area contributed by atoms with Crippen molar-refractivity contribution in [1.29, 1.82) is 0 Å². The predicted octanol–water partition coefficient (Wildman–Crippen LogP) is 4.78. The molecule has 1 amide bonds. The van der Waals surface area contributed by atoms with E-state index in [1.165, 1.54) is 0 Å². The van der Waals surface area contributed by atoms with Gasteiger partial charge in [-0.2, -0.15) is 0 Å². The Hall–Kier alpha value is -3.14. The molecule has 4 heteroatoms. The summed E-state index contributed by atoms with van der Waals surface area (Å²) in [6, 6.07) is 15.7. The Morgan fingerprint density at radius 3 is 2.72 bits per heavy atom. The number of benzene rings is 2. The van der Waals surface area contributed by atoms with E-state index in [4.69, 9.17) is 4.42 Å². The van der Waals surface area contributed by atoms with Gasteiger partial charge in [-0.3, -0.25) is 9.78 Å². The maximum atomic E-state index is 12.7. The van der Waals surface area contributed by atoms with E-state index in [0.29, 0.717) is 5.76 Å². The van der Waals surface area contributed by atoms with Crippen molar-refractivity contribution >= 4 is 27.6 Å². The number of amides is 1. The highest BCUT2D eigenvalue weighted by Crippen LogP contribution is 2.31. The van der Waals surface area contributed by atoms with Gasteiger partial charge in [-0.1, -0.05) is 42.5 Å². The molecule has 0 saturated heterocycles. The van der Waals surface area contributed by atoms with E-state index in [2.05, 4.69) is 16.4 Å². The second-order valence-corrected chi connectivity index (χ2v) is 6.20. The Morgan fingerprint density at radius 2 is 1.92 bits per heavy atom. The number of rotatable bonds is 3. The van der Waals surface area contributed by atoms with E-state index in [1.54, 1.807) is 12.4 Å². The third kappa shape index (κ3) is 2.66. The number of fused-ring (bicyclic) bond motifs is 3. The summed E-state index contributed by atoms with van der Waals surface area (Å²) in [7, 11) is 0. The number of aryl methyl sites for hydroxylation is 1. The van der Waals surface area contributed by atoms with Gasteiger partial charge in [0.2, 0.25) is 0 Å². The van der Waals surface area contributed by atoms with Crippen LogP contribution in [0.15, 0.2) is 65.3 Å². The van der Waals surface area contributed by atoms with Gasteiger partial charge in [0.1, 0.15) is 5.58 Å². The largest absolute Gasteiger partial charge is 0.450 e. The summed E-state index contributed by atoms with van der Waals surface area (Å²) >= 11 is 0. The molecule has 0 aliphatic rings.